The molecule has 7 heteroatoms. The Morgan fingerprint density at radius 2 is 1.97 bits per heavy atom. The first-order valence-electron chi connectivity index (χ1n) is 11.3. The molecule has 2 aliphatic rings. The number of aliphatic imine (C=N–C) groups is 1. The van der Waals surface area contributed by atoms with E-state index in [4.69, 9.17) is 0 Å². The van der Waals surface area contributed by atoms with Crippen LogP contribution < -0.4 is 15.5 Å². The minimum atomic E-state index is 0.733. The Balaban J connectivity index is 1.40. The molecule has 2 aliphatic heterocycles. The van der Waals surface area contributed by atoms with Crippen molar-refractivity contribution in [3.05, 3.63) is 23.9 Å². The molecule has 7 nitrogen and oxygen atoms in total. The normalized spacial score (nSPS) is 22.0. The third-order valence-corrected chi connectivity index (χ3v) is 6.23. The van der Waals surface area contributed by atoms with E-state index in [9.17, 15) is 0 Å². The molecule has 0 amide bonds. The summed E-state index contributed by atoms with van der Waals surface area (Å²) in [6, 6.07) is 5.06. The molecule has 162 valence electrons. The summed E-state index contributed by atoms with van der Waals surface area (Å²) < 4.78 is 0. The fourth-order valence-corrected chi connectivity index (χ4v) is 4.28. The van der Waals surface area contributed by atoms with Gasteiger partial charge < -0.3 is 20.4 Å². The van der Waals surface area contributed by atoms with Gasteiger partial charge in [-0.2, -0.15) is 0 Å². The highest BCUT2D eigenvalue weighted by molar-refractivity contribution is 5.79. The molecule has 29 heavy (non-hydrogen) atoms. The molecular weight excluding hydrogens is 362 g/mol. The van der Waals surface area contributed by atoms with E-state index in [-0.39, 0.29) is 0 Å². The van der Waals surface area contributed by atoms with Crippen molar-refractivity contribution in [1.82, 2.24) is 25.4 Å². The first-order valence-corrected chi connectivity index (χ1v) is 11.3. The zero-order valence-corrected chi connectivity index (χ0v) is 18.5. The Bertz CT molecular complexity index is 623. The van der Waals surface area contributed by atoms with E-state index < -0.39 is 0 Å². The number of hydrogen-bond acceptors (Lipinski definition) is 5. The predicted octanol–water partition coefficient (Wildman–Crippen LogP) is 1.76. The van der Waals surface area contributed by atoms with Crippen LogP contribution in [0.2, 0.25) is 0 Å². The highest BCUT2D eigenvalue weighted by atomic mass is 15.3. The van der Waals surface area contributed by atoms with Crippen molar-refractivity contribution in [1.29, 1.82) is 0 Å². The van der Waals surface area contributed by atoms with Gasteiger partial charge in [0.1, 0.15) is 5.82 Å². The van der Waals surface area contributed by atoms with E-state index in [1.807, 2.05) is 13.2 Å². The van der Waals surface area contributed by atoms with Gasteiger partial charge in [0.25, 0.3) is 0 Å². The highest BCUT2D eigenvalue weighted by Gasteiger charge is 2.20. The molecule has 1 unspecified atom stereocenters. The molecular formula is C22H39N7. The van der Waals surface area contributed by atoms with Crippen LogP contribution in [0.1, 0.15) is 38.2 Å². The zero-order chi connectivity index (χ0) is 20.5. The number of pyridine rings is 1. The quantitative estimate of drug-likeness (QED) is 0.536. The lowest BCUT2D eigenvalue weighted by atomic mass is 10.0. The van der Waals surface area contributed by atoms with Gasteiger partial charge >= 0.3 is 0 Å². The van der Waals surface area contributed by atoms with Gasteiger partial charge in [-0.15, -0.1) is 0 Å². The summed E-state index contributed by atoms with van der Waals surface area (Å²) in [6.45, 7) is 10.6. The molecule has 1 atom stereocenters. The lowest BCUT2D eigenvalue weighted by molar-refractivity contribution is 0.147. The van der Waals surface area contributed by atoms with Crippen molar-refractivity contribution < 1.29 is 0 Å². The summed E-state index contributed by atoms with van der Waals surface area (Å²) in [5.74, 6) is 1.94. The van der Waals surface area contributed by atoms with Crippen LogP contribution in [0, 0.1) is 0 Å². The van der Waals surface area contributed by atoms with Gasteiger partial charge in [-0.05, 0) is 44.5 Å². The highest BCUT2D eigenvalue weighted by Crippen LogP contribution is 2.18. The van der Waals surface area contributed by atoms with Crippen LogP contribution in [0.25, 0.3) is 0 Å². The van der Waals surface area contributed by atoms with Crippen molar-refractivity contribution in [2.75, 3.05) is 64.8 Å². The van der Waals surface area contributed by atoms with Gasteiger partial charge in [0, 0.05) is 65.1 Å². The molecule has 3 rings (SSSR count). The second-order valence-electron chi connectivity index (χ2n) is 8.26. The molecule has 0 saturated carbocycles. The number of anilines is 1. The zero-order valence-electron chi connectivity index (χ0n) is 18.5. The largest absolute Gasteiger partial charge is 0.355 e. The maximum atomic E-state index is 4.67. The van der Waals surface area contributed by atoms with Crippen LogP contribution >= 0.6 is 0 Å². The second-order valence-corrected chi connectivity index (χ2v) is 8.26. The Hall–Kier alpha value is -1.86. The molecule has 2 fully saturated rings. The van der Waals surface area contributed by atoms with Gasteiger partial charge in [-0.3, -0.25) is 9.89 Å². The van der Waals surface area contributed by atoms with Crippen molar-refractivity contribution in [3.8, 4) is 0 Å². The average molecular weight is 402 g/mol. The molecule has 0 bridgehead atoms. The van der Waals surface area contributed by atoms with E-state index >= 15 is 0 Å². The second kappa shape index (κ2) is 11.4. The third kappa shape index (κ3) is 6.57. The number of aromatic nitrogens is 1. The summed E-state index contributed by atoms with van der Waals surface area (Å²) in [5.41, 5.74) is 1.17. The number of piperidine rings is 1. The minimum Gasteiger partial charge on any atom is -0.355 e. The average Bonchev–Trinajstić information content (AvgIpc) is 2.77. The number of piperazine rings is 1. The van der Waals surface area contributed by atoms with Crippen LogP contribution in [0.3, 0.4) is 0 Å². The van der Waals surface area contributed by atoms with Crippen molar-refractivity contribution in [2.45, 2.75) is 45.2 Å². The Labute approximate surface area is 176 Å². The van der Waals surface area contributed by atoms with E-state index in [0.29, 0.717) is 0 Å². The number of nitrogens with zero attached hydrogens (tertiary/aromatic N) is 5. The number of guanidine groups is 1. The predicted molar refractivity (Wildman–Crippen MR) is 122 cm³/mol. The summed E-state index contributed by atoms with van der Waals surface area (Å²) in [4.78, 5) is 16.4. The monoisotopic (exact) mass is 401 g/mol. The topological polar surface area (TPSA) is 59.0 Å². The van der Waals surface area contributed by atoms with E-state index in [2.05, 4.69) is 61.4 Å². The maximum Gasteiger partial charge on any atom is 0.191 e. The molecule has 1 aromatic heterocycles. The third-order valence-electron chi connectivity index (χ3n) is 6.23. The van der Waals surface area contributed by atoms with Crippen LogP contribution in [0.5, 0.6) is 0 Å². The molecule has 2 saturated heterocycles. The van der Waals surface area contributed by atoms with Gasteiger partial charge in [-0.25, -0.2) is 4.98 Å². The Morgan fingerprint density at radius 3 is 2.66 bits per heavy atom. The molecule has 3 heterocycles. The van der Waals surface area contributed by atoms with Gasteiger partial charge in [0.2, 0.25) is 0 Å². The lowest BCUT2D eigenvalue weighted by Gasteiger charge is -2.35. The van der Waals surface area contributed by atoms with Crippen molar-refractivity contribution in [3.63, 3.8) is 0 Å². The summed E-state index contributed by atoms with van der Waals surface area (Å²) >= 11 is 0. The number of nitrogens with one attached hydrogen (secondary N) is 2. The first kappa shape index (κ1) is 21.8. The van der Waals surface area contributed by atoms with Crippen LogP contribution in [0.4, 0.5) is 5.82 Å². The lowest BCUT2D eigenvalue weighted by Crippen LogP contribution is -2.45. The van der Waals surface area contributed by atoms with E-state index in [1.54, 1.807) is 0 Å². The maximum absolute atomic E-state index is 4.67. The fourth-order valence-electron chi connectivity index (χ4n) is 4.28. The smallest absolute Gasteiger partial charge is 0.191 e. The SMILES string of the molecule is CCC1CCCCN1CCNC(=NC)NCc1ccc(N2CCN(C)CC2)nc1. The molecule has 2 N–H and O–H groups in total. The first-order chi connectivity index (χ1) is 14.2. The molecule has 0 aliphatic carbocycles. The fraction of sp³-hybridized carbons (Fsp3) is 0.727. The van der Waals surface area contributed by atoms with E-state index in [0.717, 1.165) is 63.6 Å². The Morgan fingerprint density at radius 1 is 1.14 bits per heavy atom. The summed E-state index contributed by atoms with van der Waals surface area (Å²) in [5, 5.41) is 6.88. The molecule has 0 spiro atoms. The van der Waals surface area contributed by atoms with Crippen molar-refractivity contribution >= 4 is 11.8 Å². The van der Waals surface area contributed by atoms with Gasteiger partial charge in [0.15, 0.2) is 5.96 Å². The van der Waals surface area contributed by atoms with Crippen LogP contribution in [-0.2, 0) is 6.54 Å². The summed E-state index contributed by atoms with van der Waals surface area (Å²) in [7, 11) is 4.01. The number of hydrogen-bond donors (Lipinski definition) is 2. The molecule has 1 aromatic rings. The van der Waals surface area contributed by atoms with Gasteiger partial charge in [-0.1, -0.05) is 19.4 Å². The Kier molecular flexibility index (Phi) is 8.55. The number of likely N-dealkylation sites (tertiary alicyclic amines) is 1. The molecule has 0 radical (unpaired) electrons. The van der Waals surface area contributed by atoms with Crippen LogP contribution in [0.15, 0.2) is 23.3 Å². The minimum absolute atomic E-state index is 0.733. The standard InChI is InChI=1S/C22H39N7/c1-4-20-7-5-6-11-28(20)12-10-24-22(23-2)26-18-19-8-9-21(25-17-19)29-15-13-27(3)14-16-29/h8-9,17,20H,4-7,10-16,18H2,1-3H3,(H2,23,24,26). The molecule has 0 aromatic carbocycles. The van der Waals surface area contributed by atoms with E-state index in [1.165, 1.54) is 37.8 Å². The van der Waals surface area contributed by atoms with Crippen molar-refractivity contribution in [2.24, 2.45) is 4.99 Å². The van der Waals surface area contributed by atoms with Gasteiger partial charge in [0.05, 0.1) is 0 Å². The van der Waals surface area contributed by atoms with Crippen LogP contribution in [-0.4, -0.2) is 86.7 Å². The summed E-state index contributed by atoms with van der Waals surface area (Å²) in [6.07, 6.45) is 7.30. The number of likely N-dealkylation sites (N-methyl/N-ethyl adjacent to an activating group) is 1. The number of rotatable bonds is 7.